The molecule has 10 heteroatoms. The molecule has 1 atom stereocenters. The summed E-state index contributed by atoms with van der Waals surface area (Å²) >= 11 is 7.17. The second-order valence-corrected chi connectivity index (χ2v) is 11.3. The fourth-order valence-electron chi connectivity index (χ4n) is 3.87. The molecule has 1 aliphatic rings. The van der Waals surface area contributed by atoms with E-state index in [2.05, 4.69) is 4.98 Å². The summed E-state index contributed by atoms with van der Waals surface area (Å²) in [4.78, 5) is 18.5. The van der Waals surface area contributed by atoms with E-state index in [1.165, 1.54) is 9.21 Å². The number of halogens is 1. The van der Waals surface area contributed by atoms with Crippen LogP contribution in [0.15, 0.2) is 65.1 Å². The van der Waals surface area contributed by atoms with E-state index >= 15 is 0 Å². The van der Waals surface area contributed by atoms with Crippen LogP contribution in [0.4, 0.5) is 0 Å². The summed E-state index contributed by atoms with van der Waals surface area (Å²) in [5.74, 6) is -0.331. The molecule has 0 bridgehead atoms. The van der Waals surface area contributed by atoms with Crippen molar-refractivity contribution in [1.29, 1.82) is 0 Å². The number of nitrogens with zero attached hydrogens (tertiary/aromatic N) is 3. The highest BCUT2D eigenvalue weighted by Crippen LogP contribution is 2.33. The van der Waals surface area contributed by atoms with Crippen LogP contribution >= 0.6 is 22.9 Å². The molecule has 2 N–H and O–H groups in total. The van der Waals surface area contributed by atoms with Gasteiger partial charge in [0.05, 0.1) is 6.54 Å². The van der Waals surface area contributed by atoms with Crippen LogP contribution in [0.1, 0.15) is 11.7 Å². The van der Waals surface area contributed by atoms with Crippen molar-refractivity contribution in [2.24, 2.45) is 5.73 Å². The van der Waals surface area contributed by atoms with Crippen molar-refractivity contribution in [2.45, 2.75) is 10.4 Å². The lowest BCUT2D eigenvalue weighted by molar-refractivity contribution is -0.136. The van der Waals surface area contributed by atoms with Gasteiger partial charge < -0.3 is 10.6 Å². The number of hydrogen-bond donors (Lipinski definition) is 1. The maximum absolute atomic E-state index is 13.2. The molecule has 1 saturated heterocycles. The van der Waals surface area contributed by atoms with Crippen LogP contribution in [0.25, 0.3) is 20.9 Å². The number of sulfonamides is 1. The summed E-state index contributed by atoms with van der Waals surface area (Å²) in [5.41, 5.74) is 7.16. The van der Waals surface area contributed by atoms with Gasteiger partial charge in [0.2, 0.25) is 5.91 Å². The number of nitrogens with two attached hydrogens (primary N) is 1. The summed E-state index contributed by atoms with van der Waals surface area (Å²) in [7, 11) is -3.80. The average molecular weight is 487 g/mol. The number of benzene rings is 2. The van der Waals surface area contributed by atoms with Gasteiger partial charge in [-0.3, -0.25) is 9.78 Å². The number of hydrogen-bond acceptors (Lipinski definition) is 6. The van der Waals surface area contributed by atoms with Crippen LogP contribution in [0.5, 0.6) is 0 Å². The molecule has 0 aliphatic carbocycles. The Morgan fingerprint density at radius 3 is 2.66 bits per heavy atom. The summed E-state index contributed by atoms with van der Waals surface area (Å²) in [6.07, 6.45) is 2.80. The minimum Gasteiger partial charge on any atom is -0.321 e. The zero-order valence-electron chi connectivity index (χ0n) is 16.8. The average Bonchev–Trinajstić information content (AvgIpc) is 3.22. The van der Waals surface area contributed by atoms with Gasteiger partial charge in [0.15, 0.2) is 0 Å². The van der Waals surface area contributed by atoms with Gasteiger partial charge in [-0.1, -0.05) is 29.8 Å². The Morgan fingerprint density at radius 2 is 1.84 bits per heavy atom. The van der Waals surface area contributed by atoms with Crippen molar-refractivity contribution < 1.29 is 13.2 Å². The van der Waals surface area contributed by atoms with Crippen molar-refractivity contribution in [3.63, 3.8) is 0 Å². The van der Waals surface area contributed by atoms with Crippen molar-refractivity contribution >= 4 is 59.7 Å². The van der Waals surface area contributed by atoms with Crippen molar-refractivity contribution in [1.82, 2.24) is 14.2 Å². The Kier molecular flexibility index (Phi) is 5.39. The first-order chi connectivity index (χ1) is 15.3. The first kappa shape index (κ1) is 21.3. The highest BCUT2D eigenvalue weighted by Gasteiger charge is 2.36. The molecule has 3 heterocycles. The molecule has 7 nitrogen and oxygen atoms in total. The molecule has 0 spiro atoms. The normalized spacial score (nSPS) is 16.7. The molecule has 1 unspecified atom stereocenters. The number of pyridine rings is 1. The SMILES string of the molecule is NC(c1ccc2ccncc2c1)N1CCN(S(=O)(=O)c2cc3ccc(Cl)cc3s2)CC1=O. The molecule has 2 aromatic heterocycles. The van der Waals surface area contributed by atoms with Crippen LogP contribution in [-0.2, 0) is 14.8 Å². The number of piperazine rings is 1. The molecule has 1 aliphatic heterocycles. The predicted octanol–water partition coefficient (Wildman–Crippen LogP) is 3.59. The molecule has 0 radical (unpaired) electrons. The molecule has 2 aromatic carbocycles. The van der Waals surface area contributed by atoms with Gasteiger partial charge in [-0.25, -0.2) is 8.42 Å². The second kappa shape index (κ2) is 8.09. The second-order valence-electron chi connectivity index (χ2n) is 7.60. The number of carbonyl (C=O) groups excluding carboxylic acids is 1. The third-order valence-electron chi connectivity index (χ3n) is 5.62. The lowest BCUT2D eigenvalue weighted by Crippen LogP contribution is -2.54. The molecular formula is C22H19ClN4O3S2. The number of thiophene rings is 1. The number of amides is 1. The third-order valence-corrected chi connectivity index (χ3v) is 9.25. The zero-order chi connectivity index (χ0) is 22.5. The predicted molar refractivity (Wildman–Crippen MR) is 126 cm³/mol. The molecule has 32 heavy (non-hydrogen) atoms. The highest BCUT2D eigenvalue weighted by atomic mass is 35.5. The summed E-state index contributed by atoms with van der Waals surface area (Å²) in [5, 5.41) is 3.31. The van der Waals surface area contributed by atoms with Crippen LogP contribution < -0.4 is 5.73 Å². The topological polar surface area (TPSA) is 96.6 Å². The van der Waals surface area contributed by atoms with Gasteiger partial charge in [0.1, 0.15) is 10.4 Å². The van der Waals surface area contributed by atoms with Crippen LogP contribution in [0, 0.1) is 0 Å². The molecule has 1 fully saturated rings. The minimum atomic E-state index is -3.80. The number of fused-ring (bicyclic) bond motifs is 2. The van der Waals surface area contributed by atoms with Gasteiger partial charge >= 0.3 is 0 Å². The van der Waals surface area contributed by atoms with Crippen LogP contribution in [0.3, 0.4) is 0 Å². The third kappa shape index (κ3) is 3.76. The number of rotatable bonds is 4. The van der Waals surface area contributed by atoms with E-state index in [9.17, 15) is 13.2 Å². The van der Waals surface area contributed by atoms with E-state index < -0.39 is 16.2 Å². The fraction of sp³-hybridized carbons (Fsp3) is 0.182. The maximum atomic E-state index is 13.2. The maximum Gasteiger partial charge on any atom is 0.253 e. The Balaban J connectivity index is 1.36. The molecular weight excluding hydrogens is 468 g/mol. The van der Waals surface area contributed by atoms with E-state index in [1.54, 1.807) is 36.7 Å². The van der Waals surface area contributed by atoms with Gasteiger partial charge in [0, 0.05) is 40.6 Å². The molecule has 0 saturated carbocycles. The van der Waals surface area contributed by atoms with Gasteiger partial charge in [0.25, 0.3) is 10.0 Å². The Bertz CT molecular complexity index is 1450. The Morgan fingerprint density at radius 1 is 1.03 bits per heavy atom. The molecule has 164 valence electrons. The van der Waals surface area contributed by atoms with Gasteiger partial charge in [-0.15, -0.1) is 11.3 Å². The number of aromatic nitrogens is 1. The molecule has 1 amide bonds. The lowest BCUT2D eigenvalue weighted by atomic mass is 10.1. The van der Waals surface area contributed by atoms with Crippen LogP contribution in [-0.4, -0.2) is 48.1 Å². The largest absolute Gasteiger partial charge is 0.321 e. The monoisotopic (exact) mass is 486 g/mol. The summed E-state index contributed by atoms with van der Waals surface area (Å²) in [6, 6.07) is 14.5. The fourth-order valence-corrected chi connectivity index (χ4v) is 7.08. The molecule has 4 aromatic rings. The lowest BCUT2D eigenvalue weighted by Gasteiger charge is -2.37. The van der Waals surface area contributed by atoms with Crippen molar-refractivity contribution in [2.75, 3.05) is 19.6 Å². The van der Waals surface area contributed by atoms with Gasteiger partial charge in [-0.2, -0.15) is 4.31 Å². The van der Waals surface area contributed by atoms with Crippen molar-refractivity contribution in [3.8, 4) is 0 Å². The Labute approximate surface area is 194 Å². The quantitative estimate of drug-likeness (QED) is 0.475. The standard InChI is InChI=1S/C22H19ClN4O3S2/c23-18-4-3-15-10-21(31-19(15)11-18)32(29,30)26-7-8-27(20(28)13-26)22(24)16-2-1-14-5-6-25-12-17(14)9-16/h1-6,9-12,22H,7-8,13,24H2. The van der Waals surface area contributed by atoms with Crippen LogP contribution in [0.2, 0.25) is 5.02 Å². The zero-order valence-corrected chi connectivity index (χ0v) is 19.2. The highest BCUT2D eigenvalue weighted by molar-refractivity contribution is 7.91. The summed E-state index contributed by atoms with van der Waals surface area (Å²) < 4.78 is 28.5. The number of carbonyl (C=O) groups is 1. The molecule has 5 rings (SSSR count). The van der Waals surface area contributed by atoms with E-state index in [4.69, 9.17) is 17.3 Å². The van der Waals surface area contributed by atoms with Gasteiger partial charge in [-0.05, 0) is 46.7 Å². The van der Waals surface area contributed by atoms with E-state index in [1.807, 2.05) is 24.3 Å². The smallest absolute Gasteiger partial charge is 0.253 e. The van der Waals surface area contributed by atoms with Crippen molar-refractivity contribution in [3.05, 3.63) is 71.5 Å². The van der Waals surface area contributed by atoms with E-state index in [-0.39, 0.29) is 29.8 Å². The van der Waals surface area contributed by atoms with E-state index in [0.717, 1.165) is 37.8 Å². The first-order valence-corrected chi connectivity index (χ1v) is 12.5. The Hall–Kier alpha value is -2.56. The summed E-state index contributed by atoms with van der Waals surface area (Å²) in [6.45, 7) is 0.132. The minimum absolute atomic E-state index is 0.173. The first-order valence-electron chi connectivity index (χ1n) is 9.91. The van der Waals surface area contributed by atoms with E-state index in [0.29, 0.717) is 5.02 Å².